The number of rotatable bonds is 5. The van der Waals surface area contributed by atoms with Gasteiger partial charge in [-0.3, -0.25) is 14.7 Å². The summed E-state index contributed by atoms with van der Waals surface area (Å²) < 4.78 is 12.3. The molecule has 0 bridgehead atoms. The van der Waals surface area contributed by atoms with E-state index in [0.29, 0.717) is 11.4 Å². The van der Waals surface area contributed by atoms with E-state index in [2.05, 4.69) is 34.5 Å². The second-order valence-corrected chi connectivity index (χ2v) is 12.4. The number of ketones is 1. The van der Waals surface area contributed by atoms with Crippen molar-refractivity contribution < 1.29 is 28.7 Å². The maximum absolute atomic E-state index is 12.5. The SMILES string of the molecule is CC(=O)CC(=O)OC(C)(C)C.CC(C)C=O.CC1=C(C(=O)OC(C)(C)C)C(C(C)C)n2nccc2N1.Nc1ccn[nH]1. The largest absolute Gasteiger partial charge is 0.460 e. The molecular weight excluding hydrogens is 540 g/mol. The summed E-state index contributed by atoms with van der Waals surface area (Å²) in [5.41, 5.74) is 5.66. The smallest absolute Gasteiger partial charge is 0.338 e. The molecule has 0 saturated heterocycles. The predicted octanol–water partition coefficient (Wildman–Crippen LogP) is 5.26. The number of aldehydes is 1. The Hall–Kier alpha value is -3.96. The first-order chi connectivity index (χ1) is 19.2. The van der Waals surface area contributed by atoms with E-state index in [4.69, 9.17) is 15.2 Å². The van der Waals surface area contributed by atoms with Crippen LogP contribution in [0.25, 0.3) is 0 Å². The number of carbonyl (C=O) groups is 4. The van der Waals surface area contributed by atoms with Crippen LogP contribution < -0.4 is 11.1 Å². The summed E-state index contributed by atoms with van der Waals surface area (Å²) in [7, 11) is 0. The van der Waals surface area contributed by atoms with E-state index in [1.165, 1.54) is 6.92 Å². The minimum atomic E-state index is -0.504. The molecule has 1 aliphatic rings. The maximum Gasteiger partial charge on any atom is 0.338 e. The van der Waals surface area contributed by atoms with Crippen LogP contribution in [-0.4, -0.2) is 55.2 Å². The van der Waals surface area contributed by atoms with Gasteiger partial charge in [-0.05, 0) is 67.4 Å². The summed E-state index contributed by atoms with van der Waals surface area (Å²) >= 11 is 0. The van der Waals surface area contributed by atoms with Gasteiger partial charge in [0.1, 0.15) is 41.3 Å². The fourth-order valence-electron chi connectivity index (χ4n) is 3.31. The number of hydrogen-bond donors (Lipinski definition) is 3. The van der Waals surface area contributed by atoms with E-state index in [-0.39, 0.29) is 36.1 Å². The van der Waals surface area contributed by atoms with Crippen LogP contribution in [-0.2, 0) is 28.7 Å². The molecule has 0 saturated carbocycles. The molecule has 0 spiro atoms. The van der Waals surface area contributed by atoms with E-state index >= 15 is 0 Å². The highest BCUT2D eigenvalue weighted by atomic mass is 16.6. The molecule has 0 amide bonds. The van der Waals surface area contributed by atoms with Crippen molar-refractivity contribution in [3.05, 3.63) is 35.8 Å². The molecule has 12 heteroatoms. The molecule has 1 atom stereocenters. The zero-order valence-corrected chi connectivity index (χ0v) is 27.2. The Morgan fingerprint density at radius 2 is 1.57 bits per heavy atom. The van der Waals surface area contributed by atoms with Gasteiger partial charge in [-0.2, -0.15) is 10.2 Å². The first-order valence-electron chi connectivity index (χ1n) is 13.8. The Kier molecular flexibility index (Phi) is 15.5. The fraction of sp³-hybridized carbons (Fsp3) is 0.600. The van der Waals surface area contributed by atoms with Crippen molar-refractivity contribution in [2.75, 3.05) is 11.1 Å². The summed E-state index contributed by atoms with van der Waals surface area (Å²) in [5.74, 6) is 1.07. The van der Waals surface area contributed by atoms with Crippen molar-refractivity contribution >= 4 is 35.6 Å². The van der Waals surface area contributed by atoms with Crippen LogP contribution in [0, 0.1) is 11.8 Å². The van der Waals surface area contributed by atoms with Gasteiger partial charge in [0.2, 0.25) is 0 Å². The van der Waals surface area contributed by atoms with Crippen molar-refractivity contribution in [2.45, 2.75) is 107 Å². The third-order valence-electron chi connectivity index (χ3n) is 4.81. The van der Waals surface area contributed by atoms with E-state index < -0.39 is 17.2 Å². The van der Waals surface area contributed by atoms with Gasteiger partial charge < -0.3 is 25.3 Å². The second kappa shape index (κ2) is 17.1. The summed E-state index contributed by atoms with van der Waals surface area (Å²) in [6.07, 6.45) is 4.13. The van der Waals surface area contributed by atoms with Crippen LogP contribution in [0.3, 0.4) is 0 Å². The van der Waals surface area contributed by atoms with Crippen LogP contribution >= 0.6 is 0 Å². The molecule has 12 nitrogen and oxygen atoms in total. The molecule has 0 radical (unpaired) electrons. The fourth-order valence-corrected chi connectivity index (χ4v) is 3.31. The molecule has 1 unspecified atom stereocenters. The Morgan fingerprint density at radius 3 is 1.93 bits per heavy atom. The molecule has 0 aliphatic carbocycles. The van der Waals surface area contributed by atoms with E-state index in [1.54, 1.807) is 39.2 Å². The number of Topliss-reactive ketones (excluding diaryl/α,β-unsaturated/α-hetero) is 1. The number of fused-ring (bicyclic) bond motifs is 1. The quantitative estimate of drug-likeness (QED) is 0.237. The number of H-pyrrole nitrogens is 1. The standard InChI is InChI=1S/C15H23N3O2.C8H14O3.C4H8O.C3H5N3/c1-9(2)13-12(14(19)20-15(4,5)6)10(3)17-11-7-8-16-18(11)13;1-6(9)5-7(10)11-8(2,3)4;1-4(2)3-5;4-3-1-2-5-6-3/h7-9,13,17H,1-6H3;5H2,1-4H3;3-4H,1-2H3;1-2H,(H3,4,5,6). The number of hydrogen-bond acceptors (Lipinski definition) is 10. The average molecular weight is 591 g/mol. The van der Waals surface area contributed by atoms with Gasteiger partial charge in [0.25, 0.3) is 0 Å². The molecule has 236 valence electrons. The second-order valence-electron chi connectivity index (χ2n) is 12.4. The number of anilines is 2. The molecule has 2 aromatic rings. The highest BCUT2D eigenvalue weighted by Gasteiger charge is 2.35. The van der Waals surface area contributed by atoms with E-state index in [9.17, 15) is 19.2 Å². The zero-order valence-electron chi connectivity index (χ0n) is 27.2. The topological polar surface area (TPSA) is 171 Å². The first kappa shape index (κ1) is 38.0. The highest BCUT2D eigenvalue weighted by Crippen LogP contribution is 2.36. The lowest BCUT2D eigenvalue weighted by Gasteiger charge is -2.32. The monoisotopic (exact) mass is 590 g/mol. The Balaban J connectivity index is 0.000000636. The lowest BCUT2D eigenvalue weighted by Crippen LogP contribution is -2.34. The van der Waals surface area contributed by atoms with Gasteiger partial charge in [-0.15, -0.1) is 0 Å². The average Bonchev–Trinajstić information content (AvgIpc) is 3.47. The van der Waals surface area contributed by atoms with E-state index in [0.717, 1.165) is 17.8 Å². The van der Waals surface area contributed by atoms with Gasteiger partial charge in [-0.1, -0.05) is 27.7 Å². The van der Waals surface area contributed by atoms with Crippen LogP contribution in [0.4, 0.5) is 11.6 Å². The van der Waals surface area contributed by atoms with Crippen LogP contribution in [0.2, 0.25) is 0 Å². The molecule has 3 rings (SSSR count). The predicted molar refractivity (Wildman–Crippen MR) is 163 cm³/mol. The number of ether oxygens (including phenoxy) is 2. The summed E-state index contributed by atoms with van der Waals surface area (Å²) in [6, 6.07) is 3.50. The number of nitrogens with two attached hydrogens (primary N) is 1. The minimum Gasteiger partial charge on any atom is -0.460 e. The van der Waals surface area contributed by atoms with Gasteiger partial charge in [0.05, 0.1) is 24.0 Å². The minimum absolute atomic E-state index is 0.101. The number of nitrogens with zero attached hydrogens (tertiary/aromatic N) is 3. The zero-order chi connectivity index (χ0) is 32.8. The summed E-state index contributed by atoms with van der Waals surface area (Å²) in [6.45, 7) is 22.1. The van der Waals surface area contributed by atoms with Gasteiger partial charge in [-0.25, -0.2) is 9.48 Å². The molecule has 0 aromatic carbocycles. The van der Waals surface area contributed by atoms with Crippen LogP contribution in [0.15, 0.2) is 35.8 Å². The van der Waals surface area contributed by atoms with Crippen LogP contribution in [0.1, 0.15) is 95.5 Å². The number of allylic oxidation sites excluding steroid dienone is 1. The van der Waals surface area contributed by atoms with Crippen molar-refractivity contribution in [1.29, 1.82) is 0 Å². The van der Waals surface area contributed by atoms with Crippen molar-refractivity contribution in [2.24, 2.45) is 11.8 Å². The number of nitrogens with one attached hydrogen (secondary N) is 2. The van der Waals surface area contributed by atoms with E-state index in [1.807, 2.05) is 52.3 Å². The van der Waals surface area contributed by atoms with Crippen molar-refractivity contribution in [3.63, 3.8) is 0 Å². The third kappa shape index (κ3) is 15.7. The third-order valence-corrected chi connectivity index (χ3v) is 4.81. The highest BCUT2D eigenvalue weighted by molar-refractivity contribution is 5.94. The maximum atomic E-state index is 12.5. The molecule has 1 aliphatic heterocycles. The summed E-state index contributed by atoms with van der Waals surface area (Å²) in [5, 5.41) is 13.7. The lowest BCUT2D eigenvalue weighted by atomic mass is 9.93. The number of aromatic nitrogens is 4. The number of esters is 2. The van der Waals surface area contributed by atoms with Crippen molar-refractivity contribution in [1.82, 2.24) is 20.0 Å². The molecule has 4 N–H and O–H groups in total. The molecule has 42 heavy (non-hydrogen) atoms. The van der Waals surface area contributed by atoms with Gasteiger partial charge >= 0.3 is 11.9 Å². The molecule has 2 aromatic heterocycles. The molecule has 0 fully saturated rings. The number of nitrogen functional groups attached to an aromatic ring is 1. The van der Waals surface area contributed by atoms with Crippen LogP contribution in [0.5, 0.6) is 0 Å². The van der Waals surface area contributed by atoms with Crippen molar-refractivity contribution in [3.8, 4) is 0 Å². The first-order valence-corrected chi connectivity index (χ1v) is 13.8. The Labute approximate surface area is 249 Å². The van der Waals surface area contributed by atoms with Gasteiger partial charge in [0.15, 0.2) is 0 Å². The Morgan fingerprint density at radius 1 is 1.02 bits per heavy atom. The molecular formula is C30H50N6O6. The lowest BCUT2D eigenvalue weighted by molar-refractivity contribution is -0.156. The summed E-state index contributed by atoms with van der Waals surface area (Å²) in [4.78, 5) is 43.3. The van der Waals surface area contributed by atoms with Gasteiger partial charge in [0, 0.05) is 17.7 Å². The normalized spacial score (nSPS) is 14.1. The number of carbonyl (C=O) groups excluding carboxylic acids is 4. The number of aromatic amines is 1. The molecule has 3 heterocycles. The Bertz CT molecular complexity index is 1170.